The second-order valence-corrected chi connectivity index (χ2v) is 5.65. The number of rotatable bonds is 2. The first-order chi connectivity index (χ1) is 11.3. The summed E-state index contributed by atoms with van der Waals surface area (Å²) in [4.78, 5) is 0. The molecule has 0 atom stereocenters. The van der Waals surface area contributed by atoms with E-state index in [2.05, 4.69) is 24.3 Å². The van der Waals surface area contributed by atoms with Crippen molar-refractivity contribution >= 4 is 34.1 Å². The highest BCUT2D eigenvalue weighted by atomic mass is 16.4. The molecule has 0 aromatic heterocycles. The van der Waals surface area contributed by atoms with Gasteiger partial charge < -0.3 is 10.0 Å². The molecule has 0 unspecified atom stereocenters. The smallest absolute Gasteiger partial charge is 0.423 e. The van der Waals surface area contributed by atoms with E-state index in [9.17, 15) is 10.0 Å². The molecule has 4 aromatic carbocycles. The highest BCUT2D eigenvalue weighted by molar-refractivity contribution is 6.62. The standard InChI is InChI=1S/C20H15BO2/c22-21(23)19-13-5-9-15-8-4-12-18(20(15)19)17-11-3-7-14-6-1-2-10-16(14)17/h1-13,22-23H. The van der Waals surface area contributed by atoms with Gasteiger partial charge >= 0.3 is 7.12 Å². The molecule has 2 nitrogen and oxygen atoms in total. The Morgan fingerprint density at radius 2 is 1.17 bits per heavy atom. The minimum atomic E-state index is -1.49. The molecule has 0 amide bonds. The Morgan fingerprint density at radius 3 is 1.96 bits per heavy atom. The Labute approximate surface area is 134 Å². The highest BCUT2D eigenvalue weighted by Gasteiger charge is 2.17. The molecule has 0 aliphatic carbocycles. The van der Waals surface area contributed by atoms with E-state index in [0.29, 0.717) is 5.46 Å². The molecule has 0 saturated carbocycles. The lowest BCUT2D eigenvalue weighted by Gasteiger charge is -2.13. The first kappa shape index (κ1) is 14.0. The number of hydrogen-bond donors (Lipinski definition) is 2. The van der Waals surface area contributed by atoms with Crippen LogP contribution in [0.5, 0.6) is 0 Å². The van der Waals surface area contributed by atoms with Crippen molar-refractivity contribution in [3.8, 4) is 11.1 Å². The number of benzene rings is 4. The maximum absolute atomic E-state index is 9.76. The van der Waals surface area contributed by atoms with Crippen LogP contribution in [-0.4, -0.2) is 17.2 Å². The molecule has 0 aliphatic rings. The molecule has 110 valence electrons. The maximum Gasteiger partial charge on any atom is 0.489 e. The van der Waals surface area contributed by atoms with Crippen LogP contribution in [0.15, 0.2) is 78.9 Å². The summed E-state index contributed by atoms with van der Waals surface area (Å²) in [5, 5.41) is 23.7. The Balaban J connectivity index is 2.13. The fraction of sp³-hybridized carbons (Fsp3) is 0. The summed E-state index contributed by atoms with van der Waals surface area (Å²) in [6.07, 6.45) is 0. The molecular formula is C20H15BO2. The highest BCUT2D eigenvalue weighted by Crippen LogP contribution is 2.33. The second kappa shape index (κ2) is 5.54. The Bertz CT molecular complexity index is 998. The summed E-state index contributed by atoms with van der Waals surface area (Å²) < 4.78 is 0. The Morgan fingerprint density at radius 1 is 0.565 bits per heavy atom. The summed E-state index contributed by atoms with van der Waals surface area (Å²) in [6, 6.07) is 26.1. The van der Waals surface area contributed by atoms with Crippen molar-refractivity contribution in [2.24, 2.45) is 0 Å². The predicted octanol–water partition coefficient (Wildman–Crippen LogP) is 3.34. The summed E-state index contributed by atoms with van der Waals surface area (Å²) >= 11 is 0. The molecule has 0 bridgehead atoms. The molecule has 2 N–H and O–H groups in total. The first-order valence-electron chi connectivity index (χ1n) is 7.61. The molecule has 0 heterocycles. The second-order valence-electron chi connectivity index (χ2n) is 5.65. The van der Waals surface area contributed by atoms with Crippen molar-refractivity contribution in [1.82, 2.24) is 0 Å². The van der Waals surface area contributed by atoms with Crippen LogP contribution in [0.25, 0.3) is 32.7 Å². The monoisotopic (exact) mass is 298 g/mol. The minimum absolute atomic E-state index is 0.533. The summed E-state index contributed by atoms with van der Waals surface area (Å²) in [7, 11) is -1.49. The molecule has 4 aromatic rings. The predicted molar refractivity (Wildman–Crippen MR) is 96.7 cm³/mol. The van der Waals surface area contributed by atoms with Gasteiger partial charge in [-0.25, -0.2) is 0 Å². The van der Waals surface area contributed by atoms with Gasteiger partial charge in [-0.1, -0.05) is 78.9 Å². The molecule has 0 saturated heterocycles. The van der Waals surface area contributed by atoms with E-state index in [0.717, 1.165) is 27.3 Å². The fourth-order valence-electron chi connectivity index (χ4n) is 3.27. The molecule has 4 rings (SSSR count). The van der Waals surface area contributed by atoms with Crippen LogP contribution >= 0.6 is 0 Å². The molecular weight excluding hydrogens is 283 g/mol. The Hall–Kier alpha value is -2.62. The quantitative estimate of drug-likeness (QED) is 0.557. The van der Waals surface area contributed by atoms with Crippen LogP contribution in [0, 0.1) is 0 Å². The van der Waals surface area contributed by atoms with E-state index in [1.54, 1.807) is 6.07 Å². The van der Waals surface area contributed by atoms with Gasteiger partial charge in [0, 0.05) is 0 Å². The zero-order chi connectivity index (χ0) is 15.8. The SMILES string of the molecule is OB(O)c1cccc2cccc(-c3cccc4ccccc34)c12. The summed E-state index contributed by atoms with van der Waals surface area (Å²) in [6.45, 7) is 0. The summed E-state index contributed by atoms with van der Waals surface area (Å²) in [5.74, 6) is 0. The van der Waals surface area contributed by atoms with Gasteiger partial charge in [0.2, 0.25) is 0 Å². The summed E-state index contributed by atoms with van der Waals surface area (Å²) in [5.41, 5.74) is 2.65. The van der Waals surface area contributed by atoms with Crippen molar-refractivity contribution in [2.75, 3.05) is 0 Å². The number of hydrogen-bond acceptors (Lipinski definition) is 2. The van der Waals surface area contributed by atoms with E-state index in [-0.39, 0.29) is 0 Å². The average Bonchev–Trinajstić information content (AvgIpc) is 2.60. The van der Waals surface area contributed by atoms with Crippen molar-refractivity contribution < 1.29 is 10.0 Å². The maximum atomic E-state index is 9.76. The normalized spacial score (nSPS) is 11.0. The van der Waals surface area contributed by atoms with Crippen molar-refractivity contribution in [1.29, 1.82) is 0 Å². The average molecular weight is 298 g/mol. The van der Waals surface area contributed by atoms with Crippen LogP contribution in [-0.2, 0) is 0 Å². The van der Waals surface area contributed by atoms with Gasteiger partial charge in [-0.15, -0.1) is 0 Å². The first-order valence-corrected chi connectivity index (χ1v) is 7.61. The van der Waals surface area contributed by atoms with E-state index in [1.807, 2.05) is 48.5 Å². The Kier molecular flexibility index (Phi) is 3.38. The molecule has 0 fully saturated rings. The van der Waals surface area contributed by atoms with Crippen LogP contribution < -0.4 is 5.46 Å². The third-order valence-corrected chi connectivity index (χ3v) is 4.29. The van der Waals surface area contributed by atoms with Gasteiger partial charge in [0.15, 0.2) is 0 Å². The van der Waals surface area contributed by atoms with E-state index in [1.165, 1.54) is 5.39 Å². The molecule has 23 heavy (non-hydrogen) atoms. The van der Waals surface area contributed by atoms with Gasteiger partial charge in [0.25, 0.3) is 0 Å². The van der Waals surface area contributed by atoms with Crippen LogP contribution in [0.2, 0.25) is 0 Å². The molecule has 3 heteroatoms. The fourth-order valence-corrected chi connectivity index (χ4v) is 3.27. The van der Waals surface area contributed by atoms with E-state index < -0.39 is 7.12 Å². The third kappa shape index (κ3) is 2.31. The largest absolute Gasteiger partial charge is 0.489 e. The minimum Gasteiger partial charge on any atom is -0.423 e. The lowest BCUT2D eigenvalue weighted by atomic mass is 9.75. The molecule has 0 radical (unpaired) electrons. The third-order valence-electron chi connectivity index (χ3n) is 4.29. The van der Waals surface area contributed by atoms with Gasteiger partial charge in [-0.3, -0.25) is 0 Å². The zero-order valence-electron chi connectivity index (χ0n) is 12.5. The van der Waals surface area contributed by atoms with E-state index >= 15 is 0 Å². The van der Waals surface area contributed by atoms with Gasteiger partial charge in [-0.05, 0) is 38.1 Å². The van der Waals surface area contributed by atoms with Crippen LogP contribution in [0.4, 0.5) is 0 Å². The van der Waals surface area contributed by atoms with Gasteiger partial charge in [-0.2, -0.15) is 0 Å². The molecule has 0 aliphatic heterocycles. The van der Waals surface area contributed by atoms with Gasteiger partial charge in [0.1, 0.15) is 0 Å². The lowest BCUT2D eigenvalue weighted by molar-refractivity contribution is 0.426. The van der Waals surface area contributed by atoms with Crippen molar-refractivity contribution in [2.45, 2.75) is 0 Å². The van der Waals surface area contributed by atoms with E-state index in [4.69, 9.17) is 0 Å². The number of fused-ring (bicyclic) bond motifs is 2. The zero-order valence-corrected chi connectivity index (χ0v) is 12.5. The van der Waals surface area contributed by atoms with Gasteiger partial charge in [0.05, 0.1) is 0 Å². The molecule has 0 spiro atoms. The van der Waals surface area contributed by atoms with Crippen LogP contribution in [0.1, 0.15) is 0 Å². The lowest BCUT2D eigenvalue weighted by Crippen LogP contribution is -2.30. The van der Waals surface area contributed by atoms with Crippen molar-refractivity contribution in [3.63, 3.8) is 0 Å². The van der Waals surface area contributed by atoms with Crippen LogP contribution in [0.3, 0.4) is 0 Å². The van der Waals surface area contributed by atoms with Crippen molar-refractivity contribution in [3.05, 3.63) is 78.9 Å². The topological polar surface area (TPSA) is 40.5 Å².